The number of para-hydroxylation sites is 2. The molecule has 0 atom stereocenters. The number of ether oxygens (including phenoxy) is 1. The molecule has 2 aliphatic rings. The third-order valence-corrected chi connectivity index (χ3v) is 3.58. The maximum atomic E-state index is 12.6. The topological polar surface area (TPSA) is 44.8 Å². The van der Waals surface area contributed by atoms with Crippen molar-refractivity contribution in [2.24, 2.45) is 0 Å². The second kappa shape index (κ2) is 5.48. The van der Waals surface area contributed by atoms with E-state index in [9.17, 15) is 4.79 Å². The zero-order chi connectivity index (χ0) is 13.1. The van der Waals surface area contributed by atoms with Gasteiger partial charge in [-0.1, -0.05) is 12.1 Å². The van der Waals surface area contributed by atoms with Gasteiger partial charge in [-0.2, -0.15) is 0 Å². The molecule has 19 heavy (non-hydrogen) atoms. The fourth-order valence-electron chi connectivity index (χ4n) is 2.56. The number of amides is 2. The Morgan fingerprint density at radius 3 is 2.79 bits per heavy atom. The SMILES string of the molecule is O=C(N1CCOCC1)N1CCCNc2ccccc21. The molecule has 2 aliphatic heterocycles. The van der Waals surface area contributed by atoms with Crippen LogP contribution in [-0.4, -0.2) is 50.3 Å². The summed E-state index contributed by atoms with van der Waals surface area (Å²) in [7, 11) is 0. The van der Waals surface area contributed by atoms with Crippen LogP contribution in [0, 0.1) is 0 Å². The van der Waals surface area contributed by atoms with Gasteiger partial charge in [0.15, 0.2) is 0 Å². The molecule has 1 N–H and O–H groups in total. The van der Waals surface area contributed by atoms with Crippen LogP contribution in [0.3, 0.4) is 0 Å². The summed E-state index contributed by atoms with van der Waals surface area (Å²) in [6.07, 6.45) is 0.963. The average molecular weight is 261 g/mol. The van der Waals surface area contributed by atoms with Crippen molar-refractivity contribution in [2.45, 2.75) is 6.42 Å². The summed E-state index contributed by atoms with van der Waals surface area (Å²) in [5, 5.41) is 3.38. The summed E-state index contributed by atoms with van der Waals surface area (Å²) in [6.45, 7) is 4.32. The Balaban J connectivity index is 1.84. The zero-order valence-corrected chi connectivity index (χ0v) is 11.0. The molecular formula is C14H19N3O2. The van der Waals surface area contributed by atoms with Crippen LogP contribution < -0.4 is 10.2 Å². The number of carbonyl (C=O) groups is 1. The van der Waals surface area contributed by atoms with E-state index in [1.165, 1.54) is 0 Å². The van der Waals surface area contributed by atoms with E-state index in [1.807, 2.05) is 34.1 Å². The molecule has 0 spiro atoms. The number of hydrogen-bond acceptors (Lipinski definition) is 3. The first kappa shape index (κ1) is 12.3. The lowest BCUT2D eigenvalue weighted by molar-refractivity contribution is 0.0549. The molecule has 1 saturated heterocycles. The van der Waals surface area contributed by atoms with Gasteiger partial charge in [0.25, 0.3) is 0 Å². The standard InChI is InChI=1S/C14H19N3O2/c18-14(16-8-10-19-11-9-16)17-7-3-6-15-12-4-1-2-5-13(12)17/h1-2,4-5,15H,3,6-11H2. The van der Waals surface area contributed by atoms with Gasteiger partial charge in [-0.25, -0.2) is 4.79 Å². The molecule has 0 aromatic heterocycles. The molecule has 2 heterocycles. The van der Waals surface area contributed by atoms with Gasteiger partial charge in [-0.05, 0) is 18.6 Å². The first-order valence-electron chi connectivity index (χ1n) is 6.83. The van der Waals surface area contributed by atoms with E-state index in [2.05, 4.69) is 5.32 Å². The lowest BCUT2D eigenvalue weighted by Crippen LogP contribution is -2.48. The van der Waals surface area contributed by atoms with Crippen LogP contribution in [0.1, 0.15) is 6.42 Å². The Hall–Kier alpha value is -1.75. The lowest BCUT2D eigenvalue weighted by atomic mass is 10.2. The van der Waals surface area contributed by atoms with Crippen molar-refractivity contribution in [3.63, 3.8) is 0 Å². The molecule has 0 aliphatic carbocycles. The molecule has 0 saturated carbocycles. The molecule has 1 aromatic carbocycles. The van der Waals surface area contributed by atoms with Crippen molar-refractivity contribution in [3.05, 3.63) is 24.3 Å². The Bertz CT molecular complexity index is 458. The molecule has 0 bridgehead atoms. The number of morpholine rings is 1. The number of anilines is 2. The van der Waals surface area contributed by atoms with Crippen LogP contribution in [0.4, 0.5) is 16.2 Å². The molecule has 1 fully saturated rings. The summed E-state index contributed by atoms with van der Waals surface area (Å²) < 4.78 is 5.31. The van der Waals surface area contributed by atoms with Gasteiger partial charge in [0.2, 0.25) is 0 Å². The number of hydrogen-bond donors (Lipinski definition) is 1. The van der Waals surface area contributed by atoms with Crippen molar-refractivity contribution in [2.75, 3.05) is 49.6 Å². The second-order valence-corrected chi connectivity index (χ2v) is 4.83. The summed E-state index contributed by atoms with van der Waals surface area (Å²) in [6, 6.07) is 8.10. The Labute approximate surface area is 113 Å². The normalized spacial score (nSPS) is 19.4. The van der Waals surface area contributed by atoms with Gasteiger partial charge in [-0.15, -0.1) is 0 Å². The number of urea groups is 1. The highest BCUT2D eigenvalue weighted by Gasteiger charge is 2.26. The van der Waals surface area contributed by atoms with Gasteiger partial charge < -0.3 is 15.0 Å². The van der Waals surface area contributed by atoms with Crippen LogP contribution >= 0.6 is 0 Å². The van der Waals surface area contributed by atoms with Crippen LogP contribution in [-0.2, 0) is 4.74 Å². The van der Waals surface area contributed by atoms with Crippen LogP contribution in [0.5, 0.6) is 0 Å². The molecule has 1 aromatic rings. The van der Waals surface area contributed by atoms with E-state index in [0.29, 0.717) is 26.3 Å². The number of rotatable bonds is 0. The number of fused-ring (bicyclic) bond motifs is 1. The molecule has 0 unspecified atom stereocenters. The highest BCUT2D eigenvalue weighted by molar-refractivity contribution is 5.95. The monoisotopic (exact) mass is 261 g/mol. The molecule has 3 rings (SSSR count). The number of nitrogens with one attached hydrogen (secondary N) is 1. The van der Waals surface area contributed by atoms with Gasteiger partial charge >= 0.3 is 6.03 Å². The van der Waals surface area contributed by atoms with Gasteiger partial charge in [0.05, 0.1) is 24.6 Å². The maximum Gasteiger partial charge on any atom is 0.324 e. The largest absolute Gasteiger partial charge is 0.383 e. The van der Waals surface area contributed by atoms with Crippen molar-refractivity contribution in [1.82, 2.24) is 4.90 Å². The highest BCUT2D eigenvalue weighted by Crippen LogP contribution is 2.28. The number of carbonyl (C=O) groups excluding carboxylic acids is 1. The summed E-state index contributed by atoms with van der Waals surface area (Å²) in [4.78, 5) is 16.4. The van der Waals surface area contributed by atoms with Crippen LogP contribution in [0.2, 0.25) is 0 Å². The second-order valence-electron chi connectivity index (χ2n) is 4.83. The van der Waals surface area contributed by atoms with E-state index in [-0.39, 0.29) is 6.03 Å². The smallest absolute Gasteiger partial charge is 0.324 e. The summed E-state index contributed by atoms with van der Waals surface area (Å²) >= 11 is 0. The fraction of sp³-hybridized carbons (Fsp3) is 0.500. The van der Waals surface area contributed by atoms with Crippen molar-refractivity contribution < 1.29 is 9.53 Å². The third kappa shape index (κ3) is 2.51. The van der Waals surface area contributed by atoms with E-state index >= 15 is 0 Å². The summed E-state index contributed by atoms with van der Waals surface area (Å²) in [5.74, 6) is 0. The Kier molecular flexibility index (Phi) is 3.55. The Morgan fingerprint density at radius 1 is 1.16 bits per heavy atom. The molecule has 5 nitrogen and oxygen atoms in total. The van der Waals surface area contributed by atoms with E-state index in [1.54, 1.807) is 0 Å². The van der Waals surface area contributed by atoms with Crippen molar-refractivity contribution >= 4 is 17.4 Å². The predicted molar refractivity (Wildman–Crippen MR) is 74.7 cm³/mol. The quantitative estimate of drug-likeness (QED) is 0.774. The molecule has 0 radical (unpaired) electrons. The lowest BCUT2D eigenvalue weighted by Gasteiger charge is -2.32. The molecular weight excluding hydrogens is 242 g/mol. The minimum Gasteiger partial charge on any atom is -0.383 e. The van der Waals surface area contributed by atoms with Crippen LogP contribution in [0.25, 0.3) is 0 Å². The van der Waals surface area contributed by atoms with Crippen molar-refractivity contribution in [1.29, 1.82) is 0 Å². The van der Waals surface area contributed by atoms with Gasteiger partial charge in [0, 0.05) is 26.2 Å². The van der Waals surface area contributed by atoms with Crippen LogP contribution in [0.15, 0.2) is 24.3 Å². The average Bonchev–Trinajstić information content (AvgIpc) is 2.70. The molecule has 5 heteroatoms. The minimum absolute atomic E-state index is 0.0967. The highest BCUT2D eigenvalue weighted by atomic mass is 16.5. The number of nitrogens with zero attached hydrogens (tertiary/aromatic N) is 2. The Morgan fingerprint density at radius 2 is 1.95 bits per heavy atom. The first-order valence-corrected chi connectivity index (χ1v) is 6.83. The fourth-order valence-corrected chi connectivity index (χ4v) is 2.56. The number of benzene rings is 1. The van der Waals surface area contributed by atoms with Gasteiger partial charge in [0.1, 0.15) is 0 Å². The molecule has 2 amide bonds. The molecule has 102 valence electrons. The van der Waals surface area contributed by atoms with E-state index in [4.69, 9.17) is 4.74 Å². The minimum atomic E-state index is 0.0967. The van der Waals surface area contributed by atoms with E-state index < -0.39 is 0 Å². The van der Waals surface area contributed by atoms with Gasteiger partial charge in [-0.3, -0.25) is 4.90 Å². The van der Waals surface area contributed by atoms with E-state index in [0.717, 1.165) is 30.9 Å². The van der Waals surface area contributed by atoms with Crippen molar-refractivity contribution in [3.8, 4) is 0 Å². The first-order chi connectivity index (χ1) is 9.36. The predicted octanol–water partition coefficient (Wildman–Crippen LogP) is 1.76. The zero-order valence-electron chi connectivity index (χ0n) is 11.0. The maximum absolute atomic E-state index is 12.6. The summed E-state index contributed by atoms with van der Waals surface area (Å²) in [5.41, 5.74) is 2.03. The third-order valence-electron chi connectivity index (χ3n) is 3.58.